The highest BCUT2D eigenvalue weighted by molar-refractivity contribution is 9.09. The zero-order valence-corrected chi connectivity index (χ0v) is 8.58. The van der Waals surface area contributed by atoms with Crippen LogP contribution in [0.4, 0.5) is 0 Å². The number of alkyl halides is 1. The van der Waals surface area contributed by atoms with Crippen LogP contribution in [-0.4, -0.2) is 25.5 Å². The maximum Gasteiger partial charge on any atom is 0.151 e. The van der Waals surface area contributed by atoms with Gasteiger partial charge in [0, 0.05) is 18.8 Å². The van der Waals surface area contributed by atoms with Crippen molar-refractivity contribution in [2.24, 2.45) is 12.5 Å². The number of hydrogen-bond donors (Lipinski definition) is 0. The average molecular weight is 231 g/mol. The van der Waals surface area contributed by atoms with Gasteiger partial charge in [-0.3, -0.25) is 0 Å². The molecule has 0 aliphatic heterocycles. The maximum atomic E-state index is 3.97. The van der Waals surface area contributed by atoms with Crippen molar-refractivity contribution >= 4 is 15.9 Å². The first-order chi connectivity index (χ1) is 5.76. The van der Waals surface area contributed by atoms with E-state index in [-0.39, 0.29) is 0 Å². The Kier molecular flexibility index (Phi) is 1.90. The fourth-order valence-corrected chi connectivity index (χ4v) is 2.03. The van der Waals surface area contributed by atoms with Gasteiger partial charge in [-0.25, -0.2) is 4.68 Å². The normalized spacial score (nSPS) is 19.5. The van der Waals surface area contributed by atoms with E-state index in [9.17, 15) is 0 Å². The topological polar surface area (TPSA) is 43.6 Å². The van der Waals surface area contributed by atoms with Crippen LogP contribution in [0.5, 0.6) is 0 Å². The van der Waals surface area contributed by atoms with E-state index in [1.807, 2.05) is 7.05 Å². The number of hydrogen-bond acceptors (Lipinski definition) is 3. The zero-order valence-electron chi connectivity index (χ0n) is 7.00. The number of halogens is 1. The molecule has 0 N–H and O–H groups in total. The predicted octanol–water partition coefficient (Wildman–Crippen LogP) is 0.928. The lowest BCUT2D eigenvalue weighted by Gasteiger charge is -2.08. The summed E-state index contributed by atoms with van der Waals surface area (Å²) in [6.45, 7) is 0. The Bertz CT molecular complexity index is 279. The lowest BCUT2D eigenvalue weighted by molar-refractivity contribution is 0.539. The molecule has 0 amide bonds. The minimum atomic E-state index is 0.461. The highest BCUT2D eigenvalue weighted by Crippen LogP contribution is 2.49. The summed E-state index contributed by atoms with van der Waals surface area (Å²) in [5.74, 6) is 0.993. The van der Waals surface area contributed by atoms with Crippen molar-refractivity contribution in [1.82, 2.24) is 20.2 Å². The number of aromatic nitrogens is 4. The summed E-state index contributed by atoms with van der Waals surface area (Å²) in [6, 6.07) is 0. The Morgan fingerprint density at radius 3 is 2.75 bits per heavy atom. The first kappa shape index (κ1) is 8.16. The average Bonchev–Trinajstić information content (AvgIpc) is 2.74. The van der Waals surface area contributed by atoms with E-state index in [0.717, 1.165) is 17.6 Å². The SMILES string of the molecule is Cn1nnnc1CC1(CBr)CC1. The Morgan fingerprint density at radius 2 is 2.33 bits per heavy atom. The summed E-state index contributed by atoms with van der Waals surface area (Å²) in [5.41, 5.74) is 0.461. The van der Waals surface area contributed by atoms with Crippen LogP contribution in [0.3, 0.4) is 0 Å². The molecular formula is C7H11BrN4. The van der Waals surface area contributed by atoms with Gasteiger partial charge >= 0.3 is 0 Å². The molecule has 0 bridgehead atoms. The lowest BCUT2D eigenvalue weighted by atomic mass is 10.1. The van der Waals surface area contributed by atoms with E-state index in [4.69, 9.17) is 0 Å². The molecule has 0 radical (unpaired) electrons. The second-order valence-electron chi connectivity index (χ2n) is 3.53. The molecule has 12 heavy (non-hydrogen) atoms. The van der Waals surface area contributed by atoms with E-state index < -0.39 is 0 Å². The van der Waals surface area contributed by atoms with Gasteiger partial charge in [0.05, 0.1) is 0 Å². The smallest absolute Gasteiger partial charge is 0.151 e. The molecule has 5 heteroatoms. The summed E-state index contributed by atoms with van der Waals surface area (Å²) < 4.78 is 1.75. The third-order valence-corrected chi connectivity index (χ3v) is 3.67. The molecule has 0 unspecified atom stereocenters. The van der Waals surface area contributed by atoms with Crippen LogP contribution in [-0.2, 0) is 13.5 Å². The Balaban J connectivity index is 2.08. The van der Waals surface area contributed by atoms with Gasteiger partial charge in [0.2, 0.25) is 0 Å². The minimum Gasteiger partial charge on any atom is -0.233 e. The third-order valence-electron chi connectivity index (χ3n) is 2.48. The molecule has 1 saturated carbocycles. The largest absolute Gasteiger partial charge is 0.233 e. The molecule has 0 saturated heterocycles. The van der Waals surface area contributed by atoms with Crippen LogP contribution >= 0.6 is 15.9 Å². The van der Waals surface area contributed by atoms with Crippen LogP contribution < -0.4 is 0 Å². The van der Waals surface area contributed by atoms with Crippen LogP contribution in [0, 0.1) is 5.41 Å². The second-order valence-corrected chi connectivity index (χ2v) is 4.09. The molecule has 1 aromatic heterocycles. The molecule has 1 aliphatic rings. The van der Waals surface area contributed by atoms with Gasteiger partial charge in [0.15, 0.2) is 5.82 Å². The Morgan fingerprint density at radius 1 is 1.58 bits per heavy atom. The minimum absolute atomic E-state index is 0.461. The monoisotopic (exact) mass is 230 g/mol. The first-order valence-corrected chi connectivity index (χ1v) is 5.15. The molecule has 0 spiro atoms. The number of rotatable bonds is 3. The van der Waals surface area contributed by atoms with Gasteiger partial charge in [0.25, 0.3) is 0 Å². The van der Waals surface area contributed by atoms with Crippen molar-refractivity contribution in [3.63, 3.8) is 0 Å². The van der Waals surface area contributed by atoms with Gasteiger partial charge in [-0.15, -0.1) is 5.10 Å². The van der Waals surface area contributed by atoms with Crippen molar-refractivity contribution in [2.45, 2.75) is 19.3 Å². The van der Waals surface area contributed by atoms with Gasteiger partial charge in [-0.1, -0.05) is 15.9 Å². The molecule has 2 rings (SSSR count). The van der Waals surface area contributed by atoms with E-state index >= 15 is 0 Å². The fourth-order valence-electron chi connectivity index (χ4n) is 1.27. The number of tetrazole rings is 1. The quantitative estimate of drug-likeness (QED) is 0.727. The van der Waals surface area contributed by atoms with Crippen molar-refractivity contribution in [3.8, 4) is 0 Å². The van der Waals surface area contributed by atoms with Crippen molar-refractivity contribution in [2.75, 3.05) is 5.33 Å². The molecule has 4 nitrogen and oxygen atoms in total. The first-order valence-electron chi connectivity index (χ1n) is 4.03. The van der Waals surface area contributed by atoms with Crippen molar-refractivity contribution < 1.29 is 0 Å². The molecule has 1 aromatic rings. The van der Waals surface area contributed by atoms with Gasteiger partial charge < -0.3 is 0 Å². The lowest BCUT2D eigenvalue weighted by Crippen LogP contribution is -2.11. The molecular weight excluding hydrogens is 220 g/mol. The van der Waals surface area contributed by atoms with Crippen LogP contribution in [0.2, 0.25) is 0 Å². The number of nitrogens with zero attached hydrogens (tertiary/aromatic N) is 4. The fraction of sp³-hybridized carbons (Fsp3) is 0.857. The molecule has 0 aromatic carbocycles. The van der Waals surface area contributed by atoms with Crippen LogP contribution in [0.15, 0.2) is 0 Å². The summed E-state index contributed by atoms with van der Waals surface area (Å²) in [5, 5.41) is 12.5. The maximum absolute atomic E-state index is 3.97. The van der Waals surface area contributed by atoms with E-state index in [0.29, 0.717) is 5.41 Å². The highest BCUT2D eigenvalue weighted by atomic mass is 79.9. The summed E-state index contributed by atoms with van der Waals surface area (Å²) >= 11 is 3.53. The zero-order chi connectivity index (χ0) is 8.60. The van der Waals surface area contributed by atoms with E-state index in [1.54, 1.807) is 4.68 Å². The molecule has 66 valence electrons. The highest BCUT2D eigenvalue weighted by Gasteiger charge is 2.42. The van der Waals surface area contributed by atoms with Gasteiger partial charge in [-0.2, -0.15) is 0 Å². The van der Waals surface area contributed by atoms with Crippen LogP contribution in [0.25, 0.3) is 0 Å². The molecule has 0 atom stereocenters. The molecule has 1 aliphatic carbocycles. The standard InChI is InChI=1S/C7H11BrN4/c1-12-6(9-10-11-12)4-7(5-8)2-3-7/h2-5H2,1H3. The van der Waals surface area contributed by atoms with Crippen LogP contribution in [0.1, 0.15) is 18.7 Å². The predicted molar refractivity (Wildman–Crippen MR) is 48.0 cm³/mol. The van der Waals surface area contributed by atoms with Crippen molar-refractivity contribution in [3.05, 3.63) is 5.82 Å². The Hall–Kier alpha value is -0.450. The molecule has 1 fully saturated rings. The second kappa shape index (κ2) is 2.80. The van der Waals surface area contributed by atoms with Crippen molar-refractivity contribution in [1.29, 1.82) is 0 Å². The van der Waals surface area contributed by atoms with Gasteiger partial charge in [-0.05, 0) is 28.7 Å². The summed E-state index contributed by atoms with van der Waals surface area (Å²) in [4.78, 5) is 0. The summed E-state index contributed by atoms with van der Waals surface area (Å²) in [6.07, 6.45) is 3.60. The third kappa shape index (κ3) is 1.37. The molecule has 1 heterocycles. The summed E-state index contributed by atoms with van der Waals surface area (Å²) in [7, 11) is 1.89. The Labute approximate surface area is 79.5 Å². The van der Waals surface area contributed by atoms with Gasteiger partial charge in [0.1, 0.15) is 0 Å². The van der Waals surface area contributed by atoms with E-state index in [1.165, 1.54) is 12.8 Å². The van der Waals surface area contributed by atoms with E-state index in [2.05, 4.69) is 31.5 Å². The number of aryl methyl sites for hydroxylation is 1.